The molecule has 4 nitrogen and oxygen atoms in total. The molecule has 3 rings (SSSR count). The number of aliphatic hydroxyl groups excluding tert-OH is 1. The Kier molecular flexibility index (Phi) is 3.39. The number of anilines is 3. The largest absolute Gasteiger partial charge is 0.392 e. The lowest BCUT2D eigenvalue weighted by Gasteiger charge is -2.18. The van der Waals surface area contributed by atoms with E-state index in [1.54, 1.807) is 0 Å². The molecule has 0 saturated carbocycles. The molecular formula is C16H16N2O2. The zero-order valence-electron chi connectivity index (χ0n) is 11.0. The molecule has 0 spiro atoms. The molecule has 102 valence electrons. The molecular weight excluding hydrogens is 252 g/mol. The Bertz CT molecular complexity index is 635. The van der Waals surface area contributed by atoms with E-state index in [1.165, 1.54) is 0 Å². The van der Waals surface area contributed by atoms with Crippen LogP contribution in [0.5, 0.6) is 0 Å². The van der Waals surface area contributed by atoms with Crippen LogP contribution < -0.4 is 10.6 Å². The van der Waals surface area contributed by atoms with Crippen LogP contribution in [0.1, 0.15) is 17.5 Å². The Labute approximate surface area is 117 Å². The summed E-state index contributed by atoms with van der Waals surface area (Å²) in [5.41, 5.74) is 4.92. The van der Waals surface area contributed by atoms with Gasteiger partial charge < -0.3 is 15.7 Å². The van der Waals surface area contributed by atoms with Gasteiger partial charge in [-0.2, -0.15) is 0 Å². The smallest absolute Gasteiger partial charge is 0.224 e. The third kappa shape index (κ3) is 2.65. The lowest BCUT2D eigenvalue weighted by molar-refractivity contribution is -0.116. The SMILES string of the molecule is O=C1CCc2cc(Nc3ccc(CO)cc3)ccc2N1. The highest BCUT2D eigenvalue weighted by molar-refractivity contribution is 5.94. The molecule has 3 N–H and O–H groups in total. The number of hydrogen-bond donors (Lipinski definition) is 3. The van der Waals surface area contributed by atoms with Crippen LogP contribution in [0.15, 0.2) is 42.5 Å². The van der Waals surface area contributed by atoms with Crippen molar-refractivity contribution in [1.29, 1.82) is 0 Å². The number of benzene rings is 2. The average Bonchev–Trinajstić information content (AvgIpc) is 2.48. The second-order valence-corrected chi connectivity index (χ2v) is 4.90. The maximum absolute atomic E-state index is 11.3. The molecule has 0 aromatic heterocycles. The number of hydrogen-bond acceptors (Lipinski definition) is 3. The fourth-order valence-electron chi connectivity index (χ4n) is 2.32. The van der Waals surface area contributed by atoms with Crippen molar-refractivity contribution < 1.29 is 9.90 Å². The summed E-state index contributed by atoms with van der Waals surface area (Å²) >= 11 is 0. The minimum Gasteiger partial charge on any atom is -0.392 e. The van der Waals surface area contributed by atoms with Gasteiger partial charge in [-0.15, -0.1) is 0 Å². The van der Waals surface area contributed by atoms with E-state index in [1.807, 2.05) is 36.4 Å². The molecule has 1 heterocycles. The van der Waals surface area contributed by atoms with Crippen LogP contribution in [0.2, 0.25) is 0 Å². The van der Waals surface area contributed by atoms with Gasteiger partial charge in [0.1, 0.15) is 0 Å². The Morgan fingerprint density at radius 1 is 1.05 bits per heavy atom. The quantitative estimate of drug-likeness (QED) is 0.802. The van der Waals surface area contributed by atoms with Crippen molar-refractivity contribution in [1.82, 2.24) is 0 Å². The Morgan fingerprint density at radius 3 is 2.55 bits per heavy atom. The van der Waals surface area contributed by atoms with E-state index in [9.17, 15) is 4.79 Å². The number of aryl methyl sites for hydroxylation is 1. The second-order valence-electron chi connectivity index (χ2n) is 4.90. The summed E-state index contributed by atoms with van der Waals surface area (Å²) in [6.45, 7) is 0.0544. The Morgan fingerprint density at radius 2 is 1.80 bits per heavy atom. The van der Waals surface area contributed by atoms with Crippen molar-refractivity contribution >= 4 is 23.0 Å². The van der Waals surface area contributed by atoms with E-state index < -0.39 is 0 Å². The van der Waals surface area contributed by atoms with Gasteiger partial charge in [0.15, 0.2) is 0 Å². The van der Waals surface area contributed by atoms with E-state index in [4.69, 9.17) is 5.11 Å². The van der Waals surface area contributed by atoms with Crippen molar-refractivity contribution in [2.75, 3.05) is 10.6 Å². The predicted molar refractivity (Wildman–Crippen MR) is 79.0 cm³/mol. The van der Waals surface area contributed by atoms with Crippen LogP contribution in [-0.2, 0) is 17.8 Å². The highest BCUT2D eigenvalue weighted by Crippen LogP contribution is 2.27. The van der Waals surface area contributed by atoms with Gasteiger partial charge in [0.05, 0.1) is 6.61 Å². The first-order valence-electron chi connectivity index (χ1n) is 6.64. The number of carbonyl (C=O) groups is 1. The fourth-order valence-corrected chi connectivity index (χ4v) is 2.32. The van der Waals surface area contributed by atoms with Crippen molar-refractivity contribution in [3.63, 3.8) is 0 Å². The summed E-state index contributed by atoms with van der Waals surface area (Å²) in [6, 6.07) is 13.6. The summed E-state index contributed by atoms with van der Waals surface area (Å²) in [6.07, 6.45) is 1.32. The van der Waals surface area contributed by atoms with Crippen LogP contribution in [-0.4, -0.2) is 11.0 Å². The van der Waals surface area contributed by atoms with Crippen LogP contribution in [0.25, 0.3) is 0 Å². The minimum absolute atomic E-state index is 0.0544. The summed E-state index contributed by atoms with van der Waals surface area (Å²) < 4.78 is 0. The first-order valence-corrected chi connectivity index (χ1v) is 6.64. The number of fused-ring (bicyclic) bond motifs is 1. The number of aliphatic hydroxyl groups is 1. The Balaban J connectivity index is 1.79. The second kappa shape index (κ2) is 5.35. The van der Waals surface area contributed by atoms with Crippen LogP contribution in [0.3, 0.4) is 0 Å². The van der Waals surface area contributed by atoms with Gasteiger partial charge >= 0.3 is 0 Å². The summed E-state index contributed by atoms with van der Waals surface area (Å²) in [5, 5.41) is 15.2. The number of amides is 1. The van der Waals surface area contributed by atoms with Gasteiger partial charge in [-0.25, -0.2) is 0 Å². The number of carbonyl (C=O) groups excluding carboxylic acids is 1. The lowest BCUT2D eigenvalue weighted by atomic mass is 10.0. The van der Waals surface area contributed by atoms with E-state index in [2.05, 4.69) is 16.7 Å². The van der Waals surface area contributed by atoms with E-state index >= 15 is 0 Å². The molecule has 0 atom stereocenters. The first kappa shape index (κ1) is 12.7. The molecule has 1 amide bonds. The van der Waals surface area contributed by atoms with Gasteiger partial charge in [-0.05, 0) is 47.9 Å². The summed E-state index contributed by atoms with van der Waals surface area (Å²) in [7, 11) is 0. The van der Waals surface area contributed by atoms with Gasteiger partial charge in [0, 0.05) is 23.5 Å². The number of nitrogens with one attached hydrogen (secondary N) is 2. The molecule has 0 radical (unpaired) electrons. The lowest BCUT2D eigenvalue weighted by Crippen LogP contribution is -2.18. The topological polar surface area (TPSA) is 61.4 Å². The minimum atomic E-state index is 0.0544. The van der Waals surface area contributed by atoms with Gasteiger partial charge in [-0.1, -0.05) is 12.1 Å². The van der Waals surface area contributed by atoms with Crippen LogP contribution in [0.4, 0.5) is 17.1 Å². The van der Waals surface area contributed by atoms with E-state index in [-0.39, 0.29) is 12.5 Å². The van der Waals surface area contributed by atoms with E-state index in [0.29, 0.717) is 6.42 Å². The number of rotatable bonds is 3. The molecule has 2 aromatic carbocycles. The zero-order chi connectivity index (χ0) is 13.9. The van der Waals surface area contributed by atoms with Crippen molar-refractivity contribution in [2.24, 2.45) is 0 Å². The molecule has 1 aliphatic heterocycles. The van der Waals surface area contributed by atoms with Crippen molar-refractivity contribution in [2.45, 2.75) is 19.4 Å². The summed E-state index contributed by atoms with van der Waals surface area (Å²) in [5.74, 6) is 0.0813. The normalized spacial score (nSPS) is 13.6. The van der Waals surface area contributed by atoms with Gasteiger partial charge in [0.25, 0.3) is 0 Å². The van der Waals surface area contributed by atoms with Crippen LogP contribution in [0, 0.1) is 0 Å². The highest BCUT2D eigenvalue weighted by Gasteiger charge is 2.14. The monoisotopic (exact) mass is 268 g/mol. The maximum Gasteiger partial charge on any atom is 0.224 e. The molecule has 4 heteroatoms. The van der Waals surface area contributed by atoms with Gasteiger partial charge in [0.2, 0.25) is 5.91 Å². The fraction of sp³-hybridized carbons (Fsp3) is 0.188. The third-order valence-corrected chi connectivity index (χ3v) is 3.43. The molecule has 2 aromatic rings. The molecule has 1 aliphatic rings. The maximum atomic E-state index is 11.3. The highest BCUT2D eigenvalue weighted by atomic mass is 16.3. The first-order chi connectivity index (χ1) is 9.74. The van der Waals surface area contributed by atoms with E-state index in [0.717, 1.165) is 34.6 Å². The van der Waals surface area contributed by atoms with Crippen molar-refractivity contribution in [3.8, 4) is 0 Å². The van der Waals surface area contributed by atoms with Gasteiger partial charge in [-0.3, -0.25) is 4.79 Å². The molecule has 0 bridgehead atoms. The molecule has 0 saturated heterocycles. The van der Waals surface area contributed by atoms with Crippen LogP contribution >= 0.6 is 0 Å². The molecule has 20 heavy (non-hydrogen) atoms. The molecule has 0 fully saturated rings. The Hall–Kier alpha value is -2.33. The zero-order valence-corrected chi connectivity index (χ0v) is 11.0. The molecule has 0 unspecified atom stereocenters. The molecule has 0 aliphatic carbocycles. The van der Waals surface area contributed by atoms with Crippen molar-refractivity contribution in [3.05, 3.63) is 53.6 Å². The third-order valence-electron chi connectivity index (χ3n) is 3.43. The standard InChI is InChI=1S/C16H16N2O2/c19-10-11-1-4-13(5-2-11)17-14-6-7-15-12(9-14)3-8-16(20)18-15/h1-2,4-7,9,17,19H,3,8,10H2,(H,18,20). The average molecular weight is 268 g/mol. The predicted octanol–water partition coefficient (Wildman–Crippen LogP) is 2.81. The summed E-state index contributed by atoms with van der Waals surface area (Å²) in [4.78, 5) is 11.3.